The molecule has 2 nitrogen and oxygen atoms in total. The second-order valence-corrected chi connectivity index (χ2v) is 12.7. The van der Waals surface area contributed by atoms with Gasteiger partial charge in [-0.1, -0.05) is 129 Å². The van der Waals surface area contributed by atoms with Crippen LogP contribution in [0.5, 0.6) is 0 Å². The fraction of sp³-hybridized carbons (Fsp3) is 0.182. The van der Waals surface area contributed by atoms with Crippen LogP contribution in [-0.2, 0) is 38.5 Å². The third-order valence-corrected chi connectivity index (χ3v) is 8.85. The summed E-state index contributed by atoms with van der Waals surface area (Å²) in [7, 11) is 0. The Morgan fingerprint density at radius 2 is 0.609 bits per heavy atom. The Bertz CT molecular complexity index is 1830. The number of nitrogen functional groups attached to an aromatic ring is 2. The third kappa shape index (κ3) is 8.55. The second kappa shape index (κ2) is 14.8. The highest BCUT2D eigenvalue weighted by molar-refractivity contribution is 5.43. The van der Waals surface area contributed by atoms with E-state index in [0.717, 1.165) is 56.3 Å². The molecule has 0 bridgehead atoms. The van der Waals surface area contributed by atoms with Crippen molar-refractivity contribution in [2.45, 2.75) is 51.9 Å². The van der Waals surface area contributed by atoms with Gasteiger partial charge in [0.2, 0.25) is 0 Å². The number of anilines is 2. The van der Waals surface area contributed by atoms with Crippen LogP contribution >= 0.6 is 0 Å². The van der Waals surface area contributed by atoms with Crippen LogP contribution in [0.15, 0.2) is 140 Å². The summed E-state index contributed by atoms with van der Waals surface area (Å²) < 4.78 is 0. The van der Waals surface area contributed by atoms with E-state index in [0.29, 0.717) is 0 Å². The predicted molar refractivity (Wildman–Crippen MR) is 196 cm³/mol. The highest BCUT2D eigenvalue weighted by atomic mass is 14.5. The largest absolute Gasteiger partial charge is 0.399 e. The van der Waals surface area contributed by atoms with E-state index in [9.17, 15) is 0 Å². The summed E-state index contributed by atoms with van der Waals surface area (Å²) in [4.78, 5) is 0. The third-order valence-electron chi connectivity index (χ3n) is 8.85. The van der Waals surface area contributed by atoms with E-state index in [-0.39, 0.29) is 0 Å². The van der Waals surface area contributed by atoms with Gasteiger partial charge in [0, 0.05) is 11.4 Å². The first kappa shape index (κ1) is 30.9. The molecule has 230 valence electrons. The number of rotatable bonds is 12. The zero-order valence-corrected chi connectivity index (χ0v) is 26.9. The number of hydrogen-bond acceptors (Lipinski definition) is 2. The van der Waals surface area contributed by atoms with Gasteiger partial charge in [0.1, 0.15) is 0 Å². The number of benzene rings is 6. The van der Waals surface area contributed by atoms with E-state index in [1.54, 1.807) is 0 Å². The van der Waals surface area contributed by atoms with Crippen molar-refractivity contribution in [3.05, 3.63) is 201 Å². The molecular formula is C44H44N2. The van der Waals surface area contributed by atoms with Crippen molar-refractivity contribution in [3.8, 4) is 0 Å². The molecule has 0 aliphatic heterocycles. The van der Waals surface area contributed by atoms with Gasteiger partial charge < -0.3 is 11.5 Å². The van der Waals surface area contributed by atoms with Crippen LogP contribution < -0.4 is 11.5 Å². The molecule has 0 amide bonds. The van der Waals surface area contributed by atoms with E-state index < -0.39 is 0 Å². The lowest BCUT2D eigenvalue weighted by molar-refractivity contribution is 0.899. The summed E-state index contributed by atoms with van der Waals surface area (Å²) >= 11 is 0. The molecule has 4 N–H and O–H groups in total. The van der Waals surface area contributed by atoms with Gasteiger partial charge in [-0.25, -0.2) is 0 Å². The van der Waals surface area contributed by atoms with Crippen LogP contribution in [0.4, 0.5) is 11.4 Å². The minimum Gasteiger partial charge on any atom is -0.399 e. The first-order valence-corrected chi connectivity index (χ1v) is 16.5. The number of nitrogens with two attached hydrogens (primary N) is 2. The Balaban J connectivity index is 1.05. The summed E-state index contributed by atoms with van der Waals surface area (Å²) in [5.41, 5.74) is 28.2. The van der Waals surface area contributed by atoms with Crippen LogP contribution in [0.3, 0.4) is 0 Å². The molecule has 0 aliphatic carbocycles. The molecule has 2 heteroatoms. The molecule has 0 saturated heterocycles. The minimum atomic E-state index is 0.810. The lowest BCUT2D eigenvalue weighted by Gasteiger charge is -2.13. The van der Waals surface area contributed by atoms with Crippen molar-refractivity contribution in [2.75, 3.05) is 11.5 Å². The van der Waals surface area contributed by atoms with E-state index in [1.807, 2.05) is 24.3 Å². The maximum Gasteiger partial charge on any atom is 0.0314 e. The molecule has 0 radical (unpaired) electrons. The van der Waals surface area contributed by atoms with Gasteiger partial charge in [-0.2, -0.15) is 0 Å². The zero-order chi connectivity index (χ0) is 31.7. The first-order chi connectivity index (χ1) is 22.5. The molecule has 0 atom stereocenters. The molecular weight excluding hydrogens is 556 g/mol. The molecule has 6 rings (SSSR count). The molecule has 6 aromatic carbocycles. The average molecular weight is 601 g/mol. The van der Waals surface area contributed by atoms with Crippen molar-refractivity contribution in [1.29, 1.82) is 0 Å². The number of aryl methyl sites for hydroxylation is 1. The van der Waals surface area contributed by atoms with Gasteiger partial charge >= 0.3 is 0 Å². The molecule has 0 spiro atoms. The topological polar surface area (TPSA) is 52.0 Å². The van der Waals surface area contributed by atoms with Gasteiger partial charge in [-0.3, -0.25) is 0 Å². The molecule has 0 saturated carbocycles. The van der Waals surface area contributed by atoms with Gasteiger partial charge in [0.15, 0.2) is 0 Å². The van der Waals surface area contributed by atoms with E-state index in [4.69, 9.17) is 11.5 Å². The maximum atomic E-state index is 5.84. The minimum absolute atomic E-state index is 0.810. The molecule has 46 heavy (non-hydrogen) atoms. The second-order valence-electron chi connectivity index (χ2n) is 12.7. The van der Waals surface area contributed by atoms with Crippen LogP contribution in [0.1, 0.15) is 74.5 Å². The van der Waals surface area contributed by atoms with E-state index >= 15 is 0 Å². The van der Waals surface area contributed by atoms with Crippen LogP contribution in [0.2, 0.25) is 0 Å². The zero-order valence-electron chi connectivity index (χ0n) is 26.9. The normalized spacial score (nSPS) is 11.1. The van der Waals surface area contributed by atoms with Crippen molar-refractivity contribution in [3.63, 3.8) is 0 Å². The fourth-order valence-electron chi connectivity index (χ4n) is 6.22. The quantitative estimate of drug-likeness (QED) is 0.137. The van der Waals surface area contributed by atoms with Gasteiger partial charge in [0.25, 0.3) is 0 Å². The monoisotopic (exact) mass is 600 g/mol. The van der Waals surface area contributed by atoms with Crippen molar-refractivity contribution >= 4 is 11.4 Å². The summed E-state index contributed by atoms with van der Waals surface area (Å²) in [6.07, 6.45) is 6.97. The average Bonchev–Trinajstić information content (AvgIpc) is 3.07. The van der Waals surface area contributed by atoms with E-state index in [1.165, 1.54) is 61.2 Å². The molecule has 0 unspecified atom stereocenters. The Morgan fingerprint density at radius 1 is 0.326 bits per heavy atom. The summed E-state index contributed by atoms with van der Waals surface area (Å²) in [6, 6.07) is 50.7. The summed E-state index contributed by atoms with van der Waals surface area (Å²) in [6.45, 7) is 2.27. The van der Waals surface area contributed by atoms with Crippen molar-refractivity contribution in [1.82, 2.24) is 0 Å². The molecule has 0 fully saturated rings. The molecule has 0 heterocycles. The highest BCUT2D eigenvalue weighted by Crippen LogP contribution is 2.22. The van der Waals surface area contributed by atoms with Crippen LogP contribution in [0.25, 0.3) is 0 Å². The van der Waals surface area contributed by atoms with E-state index in [2.05, 4.69) is 122 Å². The van der Waals surface area contributed by atoms with Gasteiger partial charge in [0.05, 0.1) is 0 Å². The fourth-order valence-corrected chi connectivity index (χ4v) is 6.22. The van der Waals surface area contributed by atoms with Crippen molar-refractivity contribution in [2.24, 2.45) is 0 Å². The highest BCUT2D eigenvalue weighted by Gasteiger charge is 2.08. The lowest BCUT2D eigenvalue weighted by atomic mass is 9.92. The Kier molecular flexibility index (Phi) is 9.95. The predicted octanol–water partition coefficient (Wildman–Crippen LogP) is 9.76. The van der Waals surface area contributed by atoms with Crippen molar-refractivity contribution < 1.29 is 0 Å². The lowest BCUT2D eigenvalue weighted by Crippen LogP contribution is -1.99. The first-order valence-electron chi connectivity index (χ1n) is 16.5. The smallest absolute Gasteiger partial charge is 0.0314 e. The molecule has 0 aliphatic rings. The SMILES string of the molecule is CCCc1cc(Cc2ccc(Cc3ccc(N)cc3)cc2)ccc1Cc1ccc(Cc2ccc(Cc3ccc(N)cc3)cc2)cc1. The molecule has 6 aromatic rings. The Hall–Kier alpha value is -5.08. The van der Waals surface area contributed by atoms with Gasteiger partial charge in [-0.15, -0.1) is 0 Å². The van der Waals surface area contributed by atoms with Gasteiger partial charge in [-0.05, 0) is 124 Å². The molecule has 0 aromatic heterocycles. The van der Waals surface area contributed by atoms with Crippen LogP contribution in [0, 0.1) is 0 Å². The Labute approximate surface area is 274 Å². The standard InChI is InChI=1S/C44H44N2/c1-2-3-41-31-40(29-36-10-8-34(9-11-36)28-38-19-24-44(46)25-20-38)16-21-42(41)30-39-14-12-35(13-15-39)26-32-4-6-33(7-5-32)27-37-17-22-43(45)23-18-37/h4-25,31H,2-3,26-30,45-46H2,1H3. The van der Waals surface area contributed by atoms with Crippen LogP contribution in [-0.4, -0.2) is 0 Å². The maximum absolute atomic E-state index is 5.84. The Morgan fingerprint density at radius 3 is 0.957 bits per heavy atom. The summed E-state index contributed by atoms with van der Waals surface area (Å²) in [5.74, 6) is 0. The number of hydrogen-bond donors (Lipinski definition) is 2. The summed E-state index contributed by atoms with van der Waals surface area (Å²) in [5, 5.41) is 0.